The van der Waals surface area contributed by atoms with Crippen LogP contribution in [0.5, 0.6) is 0 Å². The first-order valence-corrected chi connectivity index (χ1v) is 7.33. The molecule has 0 aromatic heterocycles. The Bertz CT molecular complexity index is 276. The number of carboxylic acid groups (broad SMARTS) is 1. The van der Waals surface area contributed by atoms with Gasteiger partial charge in [-0.15, -0.1) is 0 Å². The molecule has 2 atom stereocenters. The van der Waals surface area contributed by atoms with E-state index in [2.05, 4.69) is 32.6 Å². The highest BCUT2D eigenvalue weighted by molar-refractivity contribution is 5.69. The van der Waals surface area contributed by atoms with Crippen molar-refractivity contribution in [3.05, 3.63) is 0 Å². The lowest BCUT2D eigenvalue weighted by atomic mass is 9.85. The minimum absolute atomic E-state index is 0.195. The van der Waals surface area contributed by atoms with Gasteiger partial charge < -0.3 is 5.11 Å². The fraction of sp³-hybridized carbons (Fsp3) is 0.933. The van der Waals surface area contributed by atoms with E-state index in [0.717, 1.165) is 19.3 Å². The van der Waals surface area contributed by atoms with Crippen molar-refractivity contribution in [2.75, 3.05) is 6.54 Å². The number of aliphatic carboxylic acids is 1. The van der Waals surface area contributed by atoms with Gasteiger partial charge >= 0.3 is 5.97 Å². The number of nitrogens with zero attached hydrogens (tertiary/aromatic N) is 1. The maximum absolute atomic E-state index is 11.0. The molecule has 0 spiro atoms. The van der Waals surface area contributed by atoms with E-state index >= 15 is 0 Å². The van der Waals surface area contributed by atoms with Crippen molar-refractivity contribution in [1.82, 2.24) is 4.90 Å². The first-order valence-electron chi connectivity index (χ1n) is 7.33. The Balaban J connectivity index is 2.69. The highest BCUT2D eigenvalue weighted by Gasteiger charge is 2.30. The standard InChI is InChI=1S/C15H29NO2/c1-5-12(2)16(11-14(17)18)13-7-6-9-15(3,4)10-8-13/h12-13H,5-11H2,1-4H3,(H,17,18). The van der Waals surface area contributed by atoms with Gasteiger partial charge in [-0.25, -0.2) is 0 Å². The van der Waals surface area contributed by atoms with Crippen molar-refractivity contribution in [3.8, 4) is 0 Å². The van der Waals surface area contributed by atoms with E-state index in [1.54, 1.807) is 0 Å². The fourth-order valence-corrected chi connectivity index (χ4v) is 3.01. The Morgan fingerprint density at radius 1 is 1.39 bits per heavy atom. The number of hydrogen-bond acceptors (Lipinski definition) is 2. The first-order chi connectivity index (χ1) is 8.35. The molecule has 0 aromatic carbocycles. The largest absolute Gasteiger partial charge is 0.480 e. The molecule has 3 nitrogen and oxygen atoms in total. The second-order valence-electron chi connectivity index (χ2n) is 6.57. The maximum atomic E-state index is 11.0. The zero-order valence-electron chi connectivity index (χ0n) is 12.4. The summed E-state index contributed by atoms with van der Waals surface area (Å²) in [4.78, 5) is 13.3. The van der Waals surface area contributed by atoms with Crippen LogP contribution < -0.4 is 0 Å². The Morgan fingerprint density at radius 3 is 2.61 bits per heavy atom. The van der Waals surface area contributed by atoms with Gasteiger partial charge in [-0.3, -0.25) is 9.69 Å². The van der Waals surface area contributed by atoms with Gasteiger partial charge in [0.05, 0.1) is 6.54 Å². The van der Waals surface area contributed by atoms with Gasteiger partial charge in [0.2, 0.25) is 0 Å². The lowest BCUT2D eigenvalue weighted by molar-refractivity contribution is -0.139. The van der Waals surface area contributed by atoms with Gasteiger partial charge in [0.15, 0.2) is 0 Å². The SMILES string of the molecule is CCC(C)N(CC(=O)O)C1CCCC(C)(C)CC1. The Kier molecular flexibility index (Phi) is 5.64. The third kappa shape index (κ3) is 4.60. The number of carbonyl (C=O) groups is 1. The van der Waals surface area contributed by atoms with E-state index in [1.165, 1.54) is 19.3 Å². The summed E-state index contributed by atoms with van der Waals surface area (Å²) in [6.07, 6.45) is 7.03. The van der Waals surface area contributed by atoms with Crippen LogP contribution in [0.4, 0.5) is 0 Å². The van der Waals surface area contributed by atoms with E-state index in [1.807, 2.05) is 0 Å². The molecule has 1 N–H and O–H groups in total. The van der Waals surface area contributed by atoms with Crippen molar-refractivity contribution in [2.24, 2.45) is 5.41 Å². The molecule has 18 heavy (non-hydrogen) atoms. The van der Waals surface area contributed by atoms with Crippen LogP contribution in [0.2, 0.25) is 0 Å². The summed E-state index contributed by atoms with van der Waals surface area (Å²) in [5.74, 6) is -0.696. The van der Waals surface area contributed by atoms with Gasteiger partial charge in [0, 0.05) is 12.1 Å². The van der Waals surface area contributed by atoms with Crippen LogP contribution in [-0.4, -0.2) is 34.6 Å². The fourth-order valence-electron chi connectivity index (χ4n) is 3.01. The summed E-state index contributed by atoms with van der Waals surface area (Å²) in [5.41, 5.74) is 0.430. The molecule has 1 aliphatic carbocycles. The number of carboxylic acids is 1. The normalized spacial score (nSPS) is 25.7. The molecule has 0 radical (unpaired) electrons. The molecule has 0 amide bonds. The van der Waals surface area contributed by atoms with Crippen LogP contribution in [0.25, 0.3) is 0 Å². The predicted octanol–water partition coefficient (Wildman–Crippen LogP) is 3.53. The number of hydrogen-bond donors (Lipinski definition) is 1. The smallest absolute Gasteiger partial charge is 0.317 e. The molecule has 1 rings (SSSR count). The van der Waals surface area contributed by atoms with Crippen LogP contribution in [0.15, 0.2) is 0 Å². The first kappa shape index (κ1) is 15.5. The second-order valence-corrected chi connectivity index (χ2v) is 6.57. The minimum Gasteiger partial charge on any atom is -0.480 e. The van der Waals surface area contributed by atoms with E-state index < -0.39 is 5.97 Å². The Hall–Kier alpha value is -0.570. The van der Waals surface area contributed by atoms with Crippen LogP contribution in [-0.2, 0) is 4.79 Å². The summed E-state index contributed by atoms with van der Waals surface area (Å²) in [7, 11) is 0. The average Bonchev–Trinajstić information content (AvgIpc) is 2.46. The third-order valence-electron chi connectivity index (χ3n) is 4.49. The molecule has 0 aliphatic heterocycles. The molecule has 0 aromatic rings. The summed E-state index contributed by atoms with van der Waals surface area (Å²) < 4.78 is 0. The van der Waals surface area contributed by atoms with Gasteiger partial charge in [0.1, 0.15) is 0 Å². The molecule has 3 heteroatoms. The number of rotatable bonds is 5. The van der Waals surface area contributed by atoms with Crippen molar-refractivity contribution in [2.45, 2.75) is 78.3 Å². The lowest BCUT2D eigenvalue weighted by Crippen LogP contribution is -2.44. The van der Waals surface area contributed by atoms with Gasteiger partial charge in [0.25, 0.3) is 0 Å². The van der Waals surface area contributed by atoms with Crippen molar-refractivity contribution in [1.29, 1.82) is 0 Å². The van der Waals surface area contributed by atoms with E-state index in [9.17, 15) is 4.79 Å². The predicted molar refractivity (Wildman–Crippen MR) is 74.7 cm³/mol. The molecule has 106 valence electrons. The minimum atomic E-state index is -0.696. The summed E-state index contributed by atoms with van der Waals surface area (Å²) in [6.45, 7) is 9.15. The van der Waals surface area contributed by atoms with Crippen molar-refractivity contribution < 1.29 is 9.90 Å². The molecule has 1 aliphatic rings. The molecule has 1 fully saturated rings. The van der Waals surface area contributed by atoms with Crippen molar-refractivity contribution in [3.63, 3.8) is 0 Å². The van der Waals surface area contributed by atoms with Crippen LogP contribution in [0, 0.1) is 5.41 Å². The maximum Gasteiger partial charge on any atom is 0.317 e. The van der Waals surface area contributed by atoms with Crippen molar-refractivity contribution >= 4 is 5.97 Å². The topological polar surface area (TPSA) is 40.5 Å². The monoisotopic (exact) mass is 255 g/mol. The molecule has 0 bridgehead atoms. The van der Waals surface area contributed by atoms with E-state index in [4.69, 9.17) is 5.11 Å². The average molecular weight is 255 g/mol. The lowest BCUT2D eigenvalue weighted by Gasteiger charge is -2.35. The van der Waals surface area contributed by atoms with Gasteiger partial charge in [-0.1, -0.05) is 27.2 Å². The quantitative estimate of drug-likeness (QED) is 0.764. The van der Waals surface area contributed by atoms with Gasteiger partial charge in [-0.2, -0.15) is 0 Å². The van der Waals surface area contributed by atoms with Crippen LogP contribution >= 0.6 is 0 Å². The van der Waals surface area contributed by atoms with Gasteiger partial charge in [-0.05, 0) is 44.4 Å². The zero-order chi connectivity index (χ0) is 13.8. The van der Waals surface area contributed by atoms with E-state index in [-0.39, 0.29) is 6.54 Å². The summed E-state index contributed by atoms with van der Waals surface area (Å²) in [5, 5.41) is 9.09. The molecule has 1 saturated carbocycles. The molecule has 2 unspecified atom stereocenters. The molecule has 0 heterocycles. The summed E-state index contributed by atoms with van der Waals surface area (Å²) >= 11 is 0. The Morgan fingerprint density at radius 2 is 2.06 bits per heavy atom. The second kappa shape index (κ2) is 6.55. The van der Waals surface area contributed by atoms with Crippen LogP contribution in [0.3, 0.4) is 0 Å². The third-order valence-corrected chi connectivity index (χ3v) is 4.49. The Labute approximate surface area is 112 Å². The molecule has 0 saturated heterocycles. The van der Waals surface area contributed by atoms with Crippen LogP contribution in [0.1, 0.15) is 66.2 Å². The van der Waals surface area contributed by atoms with E-state index in [0.29, 0.717) is 17.5 Å². The molecular formula is C15H29NO2. The molecular weight excluding hydrogens is 226 g/mol. The zero-order valence-corrected chi connectivity index (χ0v) is 12.4. The highest BCUT2D eigenvalue weighted by Crippen LogP contribution is 2.35. The summed E-state index contributed by atoms with van der Waals surface area (Å²) in [6, 6.07) is 0.824. The highest BCUT2D eigenvalue weighted by atomic mass is 16.4.